The molecule has 0 unspecified atom stereocenters. The van der Waals surface area contributed by atoms with Crippen molar-refractivity contribution in [1.82, 2.24) is 19.1 Å². The van der Waals surface area contributed by atoms with Crippen LogP contribution in [-0.2, 0) is 20.2 Å². The van der Waals surface area contributed by atoms with E-state index < -0.39 is 18.0 Å². The molecule has 0 saturated carbocycles. The maximum atomic E-state index is 11.7. The number of aromatic amines is 1. The summed E-state index contributed by atoms with van der Waals surface area (Å²) in [5, 5.41) is 9.11. The highest BCUT2D eigenvalue weighted by atomic mass is 16.3. The minimum atomic E-state index is -0.575. The fourth-order valence-electron chi connectivity index (χ4n) is 1.58. The average molecular weight is 224 g/mol. The van der Waals surface area contributed by atoms with Crippen molar-refractivity contribution in [3.05, 3.63) is 26.7 Å². The molecule has 2 aromatic rings. The van der Waals surface area contributed by atoms with Crippen LogP contribution in [-0.4, -0.2) is 24.2 Å². The highest BCUT2D eigenvalue weighted by Crippen LogP contribution is 2.05. The van der Waals surface area contributed by atoms with Gasteiger partial charge in [0.25, 0.3) is 5.56 Å². The van der Waals surface area contributed by atoms with E-state index in [-0.39, 0.29) is 11.2 Å². The summed E-state index contributed by atoms with van der Waals surface area (Å²) in [4.78, 5) is 30.3. The van der Waals surface area contributed by atoms with Crippen LogP contribution in [0.2, 0.25) is 0 Å². The third-order valence-corrected chi connectivity index (χ3v) is 2.50. The molecule has 2 N–H and O–H groups in total. The molecule has 0 aliphatic rings. The fourth-order valence-corrected chi connectivity index (χ4v) is 1.58. The van der Waals surface area contributed by atoms with E-state index in [0.717, 1.165) is 9.13 Å². The van der Waals surface area contributed by atoms with Gasteiger partial charge in [0.05, 0.1) is 0 Å². The Morgan fingerprint density at radius 2 is 2.12 bits per heavy atom. The minimum absolute atomic E-state index is 0.201. The van der Waals surface area contributed by atoms with Crippen molar-refractivity contribution in [2.24, 2.45) is 7.05 Å². The highest BCUT2D eigenvalue weighted by Gasteiger charge is 2.13. The molecule has 0 aliphatic heterocycles. The van der Waals surface area contributed by atoms with Gasteiger partial charge in [0, 0.05) is 13.5 Å². The van der Waals surface area contributed by atoms with Crippen LogP contribution >= 0.6 is 0 Å². The number of nitrogens with zero attached hydrogens (tertiary/aromatic N) is 3. The normalized spacial score (nSPS) is 11.2. The second-order valence-corrected chi connectivity index (χ2v) is 3.45. The van der Waals surface area contributed by atoms with Crippen LogP contribution in [0.5, 0.6) is 0 Å². The number of hydrogen-bond acceptors (Lipinski definition) is 4. The Labute approximate surface area is 90.0 Å². The van der Waals surface area contributed by atoms with Crippen LogP contribution < -0.4 is 11.2 Å². The summed E-state index contributed by atoms with van der Waals surface area (Å²) < 4.78 is 1.99. The predicted octanol–water partition coefficient (Wildman–Crippen LogP) is -1.06. The van der Waals surface area contributed by atoms with Crippen LogP contribution in [0.1, 0.15) is 12.7 Å². The summed E-state index contributed by atoms with van der Waals surface area (Å²) in [5.74, 6) is 0.611. The molecule has 0 spiro atoms. The van der Waals surface area contributed by atoms with E-state index in [0.29, 0.717) is 12.2 Å². The number of aliphatic hydroxyl groups is 1. The van der Waals surface area contributed by atoms with Gasteiger partial charge in [0.2, 0.25) is 0 Å². The molecule has 86 valence electrons. The van der Waals surface area contributed by atoms with Gasteiger partial charge in [-0.3, -0.25) is 13.9 Å². The summed E-state index contributed by atoms with van der Waals surface area (Å²) in [7, 11) is 1.36. The van der Waals surface area contributed by atoms with Gasteiger partial charge in [0.15, 0.2) is 5.65 Å². The molecule has 2 heterocycles. The number of rotatable bonds is 2. The van der Waals surface area contributed by atoms with Crippen molar-refractivity contribution in [1.29, 1.82) is 0 Å². The van der Waals surface area contributed by atoms with E-state index >= 15 is 0 Å². The Kier molecular flexibility index (Phi) is 2.39. The van der Waals surface area contributed by atoms with E-state index in [4.69, 9.17) is 5.11 Å². The molecule has 7 nitrogen and oxygen atoms in total. The maximum absolute atomic E-state index is 11.7. The van der Waals surface area contributed by atoms with E-state index in [1.54, 1.807) is 0 Å². The molecule has 0 saturated heterocycles. The molecule has 2 aromatic heterocycles. The van der Waals surface area contributed by atoms with Gasteiger partial charge in [-0.1, -0.05) is 6.92 Å². The molecular weight excluding hydrogens is 212 g/mol. The first-order valence-electron chi connectivity index (χ1n) is 4.89. The van der Waals surface area contributed by atoms with E-state index in [2.05, 4.69) is 9.97 Å². The van der Waals surface area contributed by atoms with Crippen LogP contribution in [0.15, 0.2) is 9.59 Å². The molecule has 0 radical (unpaired) electrons. The fraction of sp³-hybridized carbons (Fsp3) is 0.444. The molecule has 7 heteroatoms. The zero-order valence-corrected chi connectivity index (χ0v) is 9.02. The third-order valence-electron chi connectivity index (χ3n) is 2.50. The molecule has 2 rings (SSSR count). The average Bonchev–Trinajstić information content (AvgIpc) is 2.71. The largest absolute Gasteiger partial charge is 0.376 e. The van der Waals surface area contributed by atoms with Gasteiger partial charge in [-0.05, 0) is 0 Å². The van der Waals surface area contributed by atoms with Crippen LogP contribution in [0.3, 0.4) is 0 Å². The SMILES string of the molecule is CCc1nc2c([nH]1)c(=O)n(C)c(=O)n2CO. The number of aromatic nitrogens is 4. The van der Waals surface area contributed by atoms with E-state index in [1.165, 1.54) is 7.05 Å². The topological polar surface area (TPSA) is 92.9 Å². The zero-order chi connectivity index (χ0) is 11.9. The van der Waals surface area contributed by atoms with Crippen LogP contribution in [0.25, 0.3) is 11.2 Å². The molecular formula is C9H12N4O3. The molecule has 0 bridgehead atoms. The van der Waals surface area contributed by atoms with E-state index in [1.807, 2.05) is 6.92 Å². The van der Waals surface area contributed by atoms with Gasteiger partial charge in [0.1, 0.15) is 18.1 Å². The first kappa shape index (κ1) is 10.6. The van der Waals surface area contributed by atoms with Crippen LogP contribution in [0, 0.1) is 0 Å². The molecule has 0 aromatic carbocycles. The van der Waals surface area contributed by atoms with Gasteiger partial charge >= 0.3 is 5.69 Å². The van der Waals surface area contributed by atoms with Crippen molar-refractivity contribution < 1.29 is 5.11 Å². The number of aryl methyl sites for hydroxylation is 1. The molecule has 0 fully saturated rings. The predicted molar refractivity (Wildman–Crippen MR) is 57.2 cm³/mol. The Morgan fingerprint density at radius 3 is 2.69 bits per heavy atom. The van der Waals surface area contributed by atoms with Crippen LogP contribution in [0.4, 0.5) is 0 Å². The van der Waals surface area contributed by atoms with E-state index in [9.17, 15) is 9.59 Å². The second kappa shape index (κ2) is 3.60. The van der Waals surface area contributed by atoms with Crippen molar-refractivity contribution in [2.75, 3.05) is 0 Å². The second-order valence-electron chi connectivity index (χ2n) is 3.45. The Balaban J connectivity index is 3.01. The van der Waals surface area contributed by atoms with Gasteiger partial charge in [-0.25, -0.2) is 9.78 Å². The lowest BCUT2D eigenvalue weighted by Gasteiger charge is -2.03. The first-order chi connectivity index (χ1) is 7.60. The smallest absolute Gasteiger partial charge is 0.334 e. The standard InChI is InChI=1S/C9H12N4O3/c1-3-5-10-6-7(11-5)13(4-14)9(16)12(2)8(6)15/h14H,3-4H2,1-2H3,(H,10,11). The number of nitrogens with one attached hydrogen (secondary N) is 1. The summed E-state index contributed by atoms with van der Waals surface area (Å²) >= 11 is 0. The quantitative estimate of drug-likeness (QED) is 0.679. The van der Waals surface area contributed by atoms with Crippen molar-refractivity contribution in [2.45, 2.75) is 20.1 Å². The number of hydrogen-bond donors (Lipinski definition) is 2. The number of H-pyrrole nitrogens is 1. The highest BCUT2D eigenvalue weighted by molar-refractivity contribution is 5.69. The third kappa shape index (κ3) is 1.28. The minimum Gasteiger partial charge on any atom is -0.376 e. The summed E-state index contributed by atoms with van der Waals surface area (Å²) in [5.41, 5.74) is -0.563. The van der Waals surface area contributed by atoms with Crippen molar-refractivity contribution in [3.8, 4) is 0 Å². The molecule has 0 atom stereocenters. The summed E-state index contributed by atoms with van der Waals surface area (Å²) in [6, 6.07) is 0. The van der Waals surface area contributed by atoms with Gasteiger partial charge < -0.3 is 10.1 Å². The molecule has 0 aliphatic carbocycles. The number of aliphatic hydroxyl groups excluding tert-OH is 1. The zero-order valence-electron chi connectivity index (χ0n) is 9.02. The summed E-state index contributed by atoms with van der Waals surface area (Å²) in [6.45, 7) is 1.38. The van der Waals surface area contributed by atoms with Crippen molar-refractivity contribution >= 4 is 11.2 Å². The first-order valence-corrected chi connectivity index (χ1v) is 4.89. The lowest BCUT2D eigenvalue weighted by atomic mass is 10.5. The van der Waals surface area contributed by atoms with Gasteiger partial charge in [-0.15, -0.1) is 0 Å². The number of fused-ring (bicyclic) bond motifs is 1. The maximum Gasteiger partial charge on any atom is 0.334 e. The molecule has 16 heavy (non-hydrogen) atoms. The number of imidazole rings is 1. The molecule has 0 amide bonds. The summed E-state index contributed by atoms with van der Waals surface area (Å²) in [6.07, 6.45) is 0.622. The Bertz CT molecular complexity index is 649. The lowest BCUT2D eigenvalue weighted by Crippen LogP contribution is -2.38. The Hall–Kier alpha value is -1.89. The Morgan fingerprint density at radius 1 is 1.44 bits per heavy atom. The van der Waals surface area contributed by atoms with Crippen molar-refractivity contribution in [3.63, 3.8) is 0 Å². The monoisotopic (exact) mass is 224 g/mol. The lowest BCUT2D eigenvalue weighted by molar-refractivity contribution is 0.206. The van der Waals surface area contributed by atoms with Gasteiger partial charge in [-0.2, -0.15) is 0 Å².